The molecule has 0 fully saturated rings. The fourth-order valence-corrected chi connectivity index (χ4v) is 3.33. The Morgan fingerprint density at radius 1 is 1.05 bits per heavy atom. The van der Waals surface area contributed by atoms with E-state index in [2.05, 4.69) is 5.32 Å². The lowest BCUT2D eigenvalue weighted by Crippen LogP contribution is -2.27. The van der Waals surface area contributed by atoms with Crippen molar-refractivity contribution in [3.63, 3.8) is 0 Å². The van der Waals surface area contributed by atoms with Crippen LogP contribution in [0.2, 0.25) is 0 Å². The number of carbonyl (C=O) groups excluding carboxylic acids is 1. The van der Waals surface area contributed by atoms with Crippen molar-refractivity contribution >= 4 is 15.7 Å². The van der Waals surface area contributed by atoms with Crippen molar-refractivity contribution < 1.29 is 13.2 Å². The van der Waals surface area contributed by atoms with Crippen LogP contribution in [0.25, 0.3) is 0 Å². The van der Waals surface area contributed by atoms with Gasteiger partial charge in [-0.05, 0) is 30.7 Å². The molecule has 1 aromatic heterocycles. The standard InChI is InChI=1S/C16H20N2O3S/c19-16(17-10-6-13-18-11-4-5-12-18)9-14-22(20,21)15-7-2-1-3-8-15/h1-5,7-8,11-12H,6,9-10,13-14H2,(H,17,19). The zero-order valence-electron chi connectivity index (χ0n) is 12.3. The topological polar surface area (TPSA) is 68.2 Å². The summed E-state index contributed by atoms with van der Waals surface area (Å²) in [6.07, 6.45) is 4.73. The lowest BCUT2D eigenvalue weighted by atomic mass is 10.4. The zero-order chi connectivity index (χ0) is 15.8. The summed E-state index contributed by atoms with van der Waals surface area (Å²) in [6, 6.07) is 12.1. The maximum Gasteiger partial charge on any atom is 0.221 e. The third-order valence-corrected chi connectivity index (χ3v) is 5.01. The maximum atomic E-state index is 12.0. The molecule has 2 aromatic rings. The van der Waals surface area contributed by atoms with Crippen molar-refractivity contribution in [1.82, 2.24) is 9.88 Å². The summed E-state index contributed by atoms with van der Waals surface area (Å²) in [5, 5.41) is 2.75. The highest BCUT2D eigenvalue weighted by Crippen LogP contribution is 2.10. The predicted molar refractivity (Wildman–Crippen MR) is 85.2 cm³/mol. The molecule has 1 heterocycles. The third-order valence-electron chi connectivity index (χ3n) is 3.28. The fourth-order valence-electron chi connectivity index (χ4n) is 2.07. The number of aryl methyl sites for hydroxylation is 1. The summed E-state index contributed by atoms with van der Waals surface area (Å²) < 4.78 is 26.1. The molecule has 118 valence electrons. The van der Waals surface area contributed by atoms with Crippen molar-refractivity contribution in [3.05, 3.63) is 54.9 Å². The van der Waals surface area contributed by atoms with E-state index >= 15 is 0 Å². The summed E-state index contributed by atoms with van der Waals surface area (Å²) >= 11 is 0. The van der Waals surface area contributed by atoms with Crippen molar-refractivity contribution in [2.75, 3.05) is 12.3 Å². The SMILES string of the molecule is O=C(CCS(=O)(=O)c1ccccc1)NCCCn1cccc1. The van der Waals surface area contributed by atoms with Crippen LogP contribution >= 0.6 is 0 Å². The molecule has 0 aliphatic rings. The normalized spacial score (nSPS) is 11.3. The molecule has 0 atom stereocenters. The van der Waals surface area contributed by atoms with Crippen LogP contribution in [0, 0.1) is 0 Å². The van der Waals surface area contributed by atoms with Gasteiger partial charge in [0, 0.05) is 31.9 Å². The Labute approximate surface area is 130 Å². The highest BCUT2D eigenvalue weighted by Gasteiger charge is 2.15. The smallest absolute Gasteiger partial charge is 0.221 e. The Hall–Kier alpha value is -2.08. The number of hydrogen-bond acceptors (Lipinski definition) is 3. The minimum atomic E-state index is -3.39. The van der Waals surface area contributed by atoms with Crippen molar-refractivity contribution in [1.29, 1.82) is 0 Å². The number of hydrogen-bond donors (Lipinski definition) is 1. The molecule has 0 aliphatic carbocycles. The summed E-state index contributed by atoms with van der Waals surface area (Å²) in [5.74, 6) is -0.396. The average Bonchev–Trinajstić information content (AvgIpc) is 3.04. The first kappa shape index (κ1) is 16.3. The van der Waals surface area contributed by atoms with Crippen molar-refractivity contribution in [3.8, 4) is 0 Å². The van der Waals surface area contributed by atoms with Gasteiger partial charge in [-0.3, -0.25) is 4.79 Å². The quantitative estimate of drug-likeness (QED) is 0.755. The van der Waals surface area contributed by atoms with Crippen molar-refractivity contribution in [2.24, 2.45) is 0 Å². The zero-order valence-corrected chi connectivity index (χ0v) is 13.1. The number of amides is 1. The molecule has 0 saturated heterocycles. The van der Waals surface area contributed by atoms with E-state index in [1.165, 1.54) is 0 Å². The Morgan fingerprint density at radius 3 is 2.41 bits per heavy atom. The van der Waals surface area contributed by atoms with Crippen LogP contribution in [0.15, 0.2) is 59.8 Å². The summed E-state index contributed by atoms with van der Waals surface area (Å²) in [6.45, 7) is 1.37. The number of benzene rings is 1. The molecule has 1 N–H and O–H groups in total. The number of nitrogens with one attached hydrogen (secondary N) is 1. The molecule has 1 aromatic carbocycles. The lowest BCUT2D eigenvalue weighted by molar-refractivity contribution is -0.120. The van der Waals surface area contributed by atoms with Crippen LogP contribution in [0.1, 0.15) is 12.8 Å². The van der Waals surface area contributed by atoms with E-state index in [9.17, 15) is 13.2 Å². The molecule has 2 rings (SSSR count). The number of rotatable bonds is 8. The van der Waals surface area contributed by atoms with Gasteiger partial charge in [0.15, 0.2) is 9.84 Å². The molecule has 1 amide bonds. The lowest BCUT2D eigenvalue weighted by Gasteiger charge is -2.07. The Kier molecular flexibility index (Phi) is 5.77. The Balaban J connectivity index is 1.69. The van der Waals surface area contributed by atoms with Gasteiger partial charge in [0.05, 0.1) is 10.6 Å². The predicted octanol–water partition coefficient (Wildman–Crippen LogP) is 1.86. The molecule has 0 radical (unpaired) electrons. The molecule has 0 bridgehead atoms. The first-order valence-corrected chi connectivity index (χ1v) is 8.88. The van der Waals surface area contributed by atoms with Gasteiger partial charge in [0.1, 0.15) is 0 Å². The largest absolute Gasteiger partial charge is 0.356 e. The third kappa shape index (κ3) is 5.04. The first-order chi connectivity index (χ1) is 10.6. The Bertz CT molecular complexity index is 679. The number of nitrogens with zero attached hydrogens (tertiary/aromatic N) is 1. The van der Waals surface area contributed by atoms with Gasteiger partial charge in [0.2, 0.25) is 5.91 Å². The second-order valence-electron chi connectivity index (χ2n) is 5.01. The molecule has 5 nitrogen and oxygen atoms in total. The number of carbonyl (C=O) groups is 1. The number of aromatic nitrogens is 1. The second kappa shape index (κ2) is 7.79. The molecule has 0 saturated carbocycles. The van der Waals surface area contributed by atoms with Gasteiger partial charge in [-0.1, -0.05) is 18.2 Å². The van der Waals surface area contributed by atoms with Crippen LogP contribution in [-0.2, 0) is 21.2 Å². The van der Waals surface area contributed by atoms with E-state index in [1.54, 1.807) is 30.3 Å². The van der Waals surface area contributed by atoms with Gasteiger partial charge in [0.25, 0.3) is 0 Å². The molecule has 22 heavy (non-hydrogen) atoms. The maximum absolute atomic E-state index is 12.0. The molecule has 0 aliphatic heterocycles. The highest BCUT2D eigenvalue weighted by atomic mass is 32.2. The van der Waals surface area contributed by atoms with Gasteiger partial charge in [-0.25, -0.2) is 8.42 Å². The van der Waals surface area contributed by atoms with Gasteiger partial charge >= 0.3 is 0 Å². The molecule has 0 spiro atoms. The molecule has 6 heteroatoms. The minimum Gasteiger partial charge on any atom is -0.356 e. The van der Waals surface area contributed by atoms with E-state index in [0.717, 1.165) is 13.0 Å². The van der Waals surface area contributed by atoms with Crippen LogP contribution in [0.3, 0.4) is 0 Å². The summed E-state index contributed by atoms with van der Waals surface area (Å²) in [5.41, 5.74) is 0. The van der Waals surface area contributed by atoms with Gasteiger partial charge in [-0.15, -0.1) is 0 Å². The molecule has 0 unspecified atom stereocenters. The summed E-state index contributed by atoms with van der Waals surface area (Å²) in [4.78, 5) is 12.0. The minimum absolute atomic E-state index is 0.0131. The van der Waals surface area contributed by atoms with Crippen LogP contribution in [0.5, 0.6) is 0 Å². The first-order valence-electron chi connectivity index (χ1n) is 7.23. The molecular formula is C16H20N2O3S. The van der Waals surface area contributed by atoms with Crippen LogP contribution in [-0.4, -0.2) is 31.2 Å². The number of sulfone groups is 1. The second-order valence-corrected chi connectivity index (χ2v) is 7.12. The van der Waals surface area contributed by atoms with Crippen LogP contribution in [0.4, 0.5) is 0 Å². The van der Waals surface area contributed by atoms with Gasteiger partial charge in [-0.2, -0.15) is 0 Å². The Morgan fingerprint density at radius 2 is 1.73 bits per heavy atom. The fraction of sp³-hybridized carbons (Fsp3) is 0.312. The van der Waals surface area contributed by atoms with Crippen molar-refractivity contribution in [2.45, 2.75) is 24.3 Å². The summed E-state index contributed by atoms with van der Waals surface area (Å²) in [7, 11) is -3.39. The van der Waals surface area contributed by atoms with Crippen LogP contribution < -0.4 is 5.32 Å². The van der Waals surface area contributed by atoms with E-state index in [4.69, 9.17) is 0 Å². The monoisotopic (exact) mass is 320 g/mol. The van der Waals surface area contributed by atoms with E-state index in [1.807, 2.05) is 29.1 Å². The highest BCUT2D eigenvalue weighted by molar-refractivity contribution is 7.91. The van der Waals surface area contributed by atoms with E-state index in [0.29, 0.717) is 6.54 Å². The average molecular weight is 320 g/mol. The van der Waals surface area contributed by atoms with Gasteiger partial charge < -0.3 is 9.88 Å². The molecular weight excluding hydrogens is 300 g/mol. The van der Waals surface area contributed by atoms with E-state index in [-0.39, 0.29) is 23.0 Å². The van der Waals surface area contributed by atoms with E-state index < -0.39 is 9.84 Å².